The zero-order valence-electron chi connectivity index (χ0n) is 19.0. The normalized spacial score (nSPS) is 8.81. The van der Waals surface area contributed by atoms with Gasteiger partial charge in [-0.2, -0.15) is 13.2 Å². The Balaban J connectivity index is -0.000000945. The first-order chi connectivity index (χ1) is 17.4. The van der Waals surface area contributed by atoms with Crippen LogP contribution in [0.3, 0.4) is 0 Å². The first kappa shape index (κ1) is 38.4. The van der Waals surface area contributed by atoms with E-state index in [1.54, 1.807) is 12.1 Å². The first-order valence-corrected chi connectivity index (χ1v) is 10.3. The molecule has 1 atom stereocenters. The molecule has 1 aromatic heterocycles. The second kappa shape index (κ2) is 21.0. The second-order valence-corrected chi connectivity index (χ2v) is 7.65. The van der Waals surface area contributed by atoms with E-state index >= 15 is 0 Å². The fourth-order valence-electron chi connectivity index (χ4n) is 3.20. The molecule has 1 heterocycles. The minimum atomic E-state index is -4.31. The molecule has 10 heteroatoms. The quantitative estimate of drug-likeness (QED) is 0.155. The zero-order valence-corrected chi connectivity index (χ0v) is 22.9. The predicted octanol–water partition coefficient (Wildman–Crippen LogP) is 7.34. The molecule has 0 bridgehead atoms. The smallest absolute Gasteiger partial charge is 0 e. The monoisotopic (exact) mass is 692 g/mol. The molecule has 0 amide bonds. The maximum atomic E-state index is 12.9. The molecule has 0 saturated heterocycles. The van der Waals surface area contributed by atoms with Gasteiger partial charge in [0.1, 0.15) is 0 Å². The number of halogens is 3. The number of rotatable bonds is 2. The van der Waals surface area contributed by atoms with Crippen LogP contribution in [0.15, 0.2) is 72.8 Å². The van der Waals surface area contributed by atoms with Crippen LogP contribution in [0.5, 0.6) is 0 Å². The van der Waals surface area contributed by atoms with Gasteiger partial charge in [-0.15, -0.1) is 8.19 Å². The van der Waals surface area contributed by atoms with E-state index in [0.29, 0.717) is 8.19 Å². The Bertz CT molecular complexity index is 1270. The summed E-state index contributed by atoms with van der Waals surface area (Å²) < 4.78 is 76.1. The Morgan fingerprint density at radius 1 is 0.622 bits per heavy atom. The summed E-state index contributed by atoms with van der Waals surface area (Å²) in [5.74, 6) is 0. The van der Waals surface area contributed by atoms with Gasteiger partial charge in [-0.25, -0.2) is 0 Å². The van der Waals surface area contributed by atoms with Crippen molar-refractivity contribution >= 4 is 18.7 Å². The van der Waals surface area contributed by atoms with Crippen molar-refractivity contribution in [1.82, 2.24) is 0 Å². The summed E-state index contributed by atoms with van der Waals surface area (Å²) >= 11 is 0. The van der Waals surface area contributed by atoms with Crippen molar-refractivity contribution in [3.05, 3.63) is 117 Å². The Morgan fingerprint density at radius 3 is 1.51 bits per heavy atom. The van der Waals surface area contributed by atoms with Crippen LogP contribution < -0.4 is 0 Å². The molecule has 0 radical (unpaired) electrons. The van der Waals surface area contributed by atoms with Crippen LogP contribution in [-0.4, -0.2) is 0 Å². The number of hydrogen-bond acceptors (Lipinski definition) is 0. The van der Waals surface area contributed by atoms with Crippen LogP contribution in [-0.2, 0) is 50.5 Å². The topological polar surface area (TPSA) is 99.5 Å². The summed E-state index contributed by atoms with van der Waals surface area (Å²) in [4.78, 5) is 0. The third kappa shape index (κ3) is 10.8. The Kier molecular flexibility index (Phi) is 21.8. The molecule has 3 aromatic carbocycles. The van der Waals surface area contributed by atoms with E-state index in [2.05, 4.69) is 69.7 Å². The van der Waals surface area contributed by atoms with Crippen LogP contribution >= 0.6 is 8.19 Å². The molecule has 0 aliphatic carbocycles. The van der Waals surface area contributed by atoms with Gasteiger partial charge in [-0.3, -0.25) is 0 Å². The zero-order chi connectivity index (χ0) is 28.3. The van der Waals surface area contributed by atoms with Crippen LogP contribution in [0.25, 0.3) is 32.5 Å². The average Bonchev–Trinajstić information content (AvgIpc) is 3.34. The van der Waals surface area contributed by atoms with Gasteiger partial charge < -0.3 is 0 Å². The summed E-state index contributed by atoms with van der Waals surface area (Å²) in [6, 6.07) is 22.0. The SMILES string of the molecule is Cc1ccc(-c2c(-c3ccc(C(F)(F)F)cc3)[pH]c3ccccc23)cc1.[C-]#[O+].[C-]#[O+].[C-]#[O+].[C-]#[O+].[C-]#[O+].[W]. The van der Waals surface area contributed by atoms with Crippen molar-refractivity contribution in [2.75, 3.05) is 0 Å². The van der Waals surface area contributed by atoms with Crippen LogP contribution in [0.4, 0.5) is 13.2 Å². The molecular formula is C27H16F3O5PW. The summed E-state index contributed by atoms with van der Waals surface area (Å²) in [6.07, 6.45) is -4.31. The minimum Gasteiger partial charge on any atom is 0 e. The van der Waals surface area contributed by atoms with E-state index in [1.807, 2.05) is 19.1 Å². The van der Waals surface area contributed by atoms with Crippen LogP contribution in [0, 0.1) is 40.2 Å². The van der Waals surface area contributed by atoms with E-state index in [4.69, 9.17) is 23.3 Å². The molecule has 0 aliphatic heterocycles. The summed E-state index contributed by atoms with van der Waals surface area (Å²) in [5.41, 5.74) is 3.64. The van der Waals surface area contributed by atoms with Crippen molar-refractivity contribution in [3.8, 4) is 22.0 Å². The van der Waals surface area contributed by atoms with Crippen molar-refractivity contribution in [1.29, 1.82) is 0 Å². The summed E-state index contributed by atoms with van der Waals surface area (Å²) in [6.45, 7) is 24.5. The molecular weight excluding hydrogens is 676 g/mol. The average molecular weight is 692 g/mol. The van der Waals surface area contributed by atoms with Gasteiger partial charge in [-0.1, -0.05) is 66.2 Å². The number of aryl methyl sites for hydroxylation is 1. The maximum absolute atomic E-state index is 12.9. The van der Waals surface area contributed by atoms with E-state index in [9.17, 15) is 13.2 Å². The van der Waals surface area contributed by atoms with Crippen molar-refractivity contribution < 1.29 is 57.5 Å². The van der Waals surface area contributed by atoms with Gasteiger partial charge >= 0.3 is 62.7 Å². The fraction of sp³-hybridized carbons (Fsp3) is 0.0741. The van der Waals surface area contributed by atoms with Crippen molar-refractivity contribution in [2.24, 2.45) is 0 Å². The van der Waals surface area contributed by atoms with E-state index in [-0.39, 0.29) is 21.1 Å². The molecule has 37 heavy (non-hydrogen) atoms. The largest absolute Gasteiger partial charge is 0 e. The molecule has 0 saturated carbocycles. The van der Waals surface area contributed by atoms with Crippen molar-refractivity contribution in [3.63, 3.8) is 0 Å². The third-order valence-electron chi connectivity index (χ3n) is 4.55. The van der Waals surface area contributed by atoms with Gasteiger partial charge in [0, 0.05) is 31.9 Å². The molecule has 0 aliphatic rings. The number of alkyl halides is 3. The summed E-state index contributed by atoms with van der Waals surface area (Å²) in [7, 11) is 0.433. The van der Waals surface area contributed by atoms with Gasteiger partial charge in [0.2, 0.25) is 0 Å². The molecule has 0 spiro atoms. The van der Waals surface area contributed by atoms with E-state index < -0.39 is 11.7 Å². The van der Waals surface area contributed by atoms with Crippen LogP contribution in [0.1, 0.15) is 11.1 Å². The first-order valence-electron chi connectivity index (χ1n) is 9.31. The van der Waals surface area contributed by atoms with Crippen molar-refractivity contribution in [2.45, 2.75) is 13.1 Å². The minimum absolute atomic E-state index is 0. The molecule has 4 rings (SSSR count). The van der Waals surface area contributed by atoms with Gasteiger partial charge in [0.25, 0.3) is 0 Å². The second-order valence-electron chi connectivity index (χ2n) is 6.36. The van der Waals surface area contributed by atoms with Crippen LogP contribution in [0.2, 0.25) is 0 Å². The van der Waals surface area contributed by atoms with E-state index in [0.717, 1.165) is 22.0 Å². The number of benzene rings is 3. The van der Waals surface area contributed by atoms with Gasteiger partial charge in [0.15, 0.2) is 0 Å². The number of fused-ring (bicyclic) bond motifs is 1. The van der Waals surface area contributed by atoms with Gasteiger partial charge in [0.05, 0.1) is 5.56 Å². The molecule has 5 nitrogen and oxygen atoms in total. The Labute approximate surface area is 228 Å². The Hall–Kier alpha value is -3.12. The molecule has 186 valence electrons. The molecule has 4 aromatic rings. The van der Waals surface area contributed by atoms with Gasteiger partial charge in [-0.05, 0) is 40.7 Å². The maximum Gasteiger partial charge on any atom is 0 e. The standard InChI is InChI=1S/C22H16F3P.5CO.W/c1-14-6-8-15(9-7-14)20-18-4-2-3-5-19(18)26-21(20)16-10-12-17(13-11-16)22(23,24)25;5*1-2;/h2-13,26H,1H3;;;;;;. The van der Waals surface area contributed by atoms with E-state index in [1.165, 1.54) is 28.2 Å². The third-order valence-corrected chi connectivity index (χ3v) is 6.04. The number of hydrogen-bond donors (Lipinski definition) is 0. The molecule has 0 N–H and O–H groups in total. The Morgan fingerprint density at radius 2 is 1.05 bits per heavy atom. The summed E-state index contributed by atoms with van der Waals surface area (Å²) in [5, 5.41) is 3.51. The molecule has 0 fully saturated rings. The fourth-order valence-corrected chi connectivity index (χ4v) is 4.71. The predicted molar refractivity (Wildman–Crippen MR) is 124 cm³/mol. The molecule has 1 unspecified atom stereocenters.